The lowest BCUT2D eigenvalue weighted by Gasteiger charge is -2.27. The first-order valence-electron chi connectivity index (χ1n) is 11.4. The molecule has 2 atom stereocenters. The van der Waals surface area contributed by atoms with Crippen LogP contribution in [0.15, 0.2) is 76.8 Å². The Bertz CT molecular complexity index is 958. The maximum atomic E-state index is 11.4. The molecular weight excluding hydrogens is 430 g/mol. The van der Waals surface area contributed by atoms with Gasteiger partial charge in [-0.1, -0.05) is 102 Å². The highest BCUT2D eigenvalue weighted by Gasteiger charge is 2.27. The van der Waals surface area contributed by atoms with Gasteiger partial charge in [-0.05, 0) is 52.1 Å². The van der Waals surface area contributed by atoms with Gasteiger partial charge in [0, 0.05) is 11.1 Å². The smallest absolute Gasteiger partial charge is 0.101 e. The average Bonchev–Trinajstić information content (AvgIpc) is 2.78. The van der Waals surface area contributed by atoms with Crippen LogP contribution in [0.2, 0.25) is 0 Å². The van der Waals surface area contributed by atoms with Crippen LogP contribution in [-0.4, -0.2) is 14.7 Å². The van der Waals surface area contributed by atoms with Gasteiger partial charge in [-0.3, -0.25) is 0 Å². The second kappa shape index (κ2) is 11.4. The average molecular weight is 466 g/mol. The Morgan fingerprint density at radius 3 is 1.78 bits per heavy atom. The minimum atomic E-state index is -0.613. The highest BCUT2D eigenvalue weighted by Crippen LogP contribution is 2.47. The lowest BCUT2D eigenvalue weighted by Crippen LogP contribution is -2.14. The molecule has 3 rings (SSSR count). The van der Waals surface area contributed by atoms with Crippen molar-refractivity contribution in [3.05, 3.63) is 89.1 Å². The fourth-order valence-electron chi connectivity index (χ4n) is 3.64. The molecule has 3 aromatic rings. The Kier molecular flexibility index (Phi) is 8.87. The number of aromatic nitrogens is 1. The molecule has 1 aromatic heterocycles. The Hall–Kier alpha value is -1.75. The summed E-state index contributed by atoms with van der Waals surface area (Å²) in [6.07, 6.45) is 1.20. The Morgan fingerprint density at radius 1 is 0.688 bits per heavy atom. The van der Waals surface area contributed by atoms with Crippen LogP contribution in [0.3, 0.4) is 0 Å². The van der Waals surface area contributed by atoms with E-state index in [2.05, 4.69) is 58.7 Å². The lowest BCUT2D eigenvalue weighted by atomic mass is 9.89. The lowest BCUT2D eigenvalue weighted by molar-refractivity contribution is 0.196. The van der Waals surface area contributed by atoms with E-state index in [-0.39, 0.29) is 4.58 Å². The minimum Gasteiger partial charge on any atom is -0.386 e. The Labute approximate surface area is 202 Å². The molecule has 2 nitrogen and oxygen atoms in total. The fourth-order valence-corrected chi connectivity index (χ4v) is 6.60. The van der Waals surface area contributed by atoms with Crippen molar-refractivity contribution < 1.29 is 5.11 Å². The van der Waals surface area contributed by atoms with Gasteiger partial charge in [0.05, 0.1) is 9.61 Å². The Morgan fingerprint density at radius 2 is 1.28 bits per heavy atom. The molecule has 0 spiro atoms. The molecule has 0 aliphatic carbocycles. The van der Waals surface area contributed by atoms with Crippen molar-refractivity contribution in [1.82, 2.24) is 4.98 Å². The van der Waals surface area contributed by atoms with Crippen molar-refractivity contribution in [3.8, 4) is 0 Å². The molecule has 4 heteroatoms. The van der Waals surface area contributed by atoms with Crippen LogP contribution >= 0.6 is 23.5 Å². The van der Waals surface area contributed by atoms with Gasteiger partial charge in [-0.2, -0.15) is 0 Å². The van der Waals surface area contributed by atoms with Gasteiger partial charge in [0.1, 0.15) is 6.10 Å². The van der Waals surface area contributed by atoms with E-state index in [0.717, 1.165) is 10.6 Å². The quantitative estimate of drug-likeness (QED) is 0.254. The number of aliphatic hydroxyl groups excluding tert-OH is 1. The van der Waals surface area contributed by atoms with Crippen LogP contribution in [0.25, 0.3) is 0 Å². The third-order valence-corrected chi connectivity index (χ3v) is 8.33. The summed E-state index contributed by atoms with van der Waals surface area (Å²) in [6, 6.07) is 20.7. The number of aliphatic hydroxyl groups is 1. The normalized spacial score (nSPS) is 13.7. The molecule has 2 aromatic carbocycles. The predicted molar refractivity (Wildman–Crippen MR) is 140 cm³/mol. The van der Waals surface area contributed by atoms with Crippen LogP contribution in [0.1, 0.15) is 87.7 Å². The second-order valence-corrected chi connectivity index (χ2v) is 11.7. The van der Waals surface area contributed by atoms with E-state index < -0.39 is 6.10 Å². The summed E-state index contributed by atoms with van der Waals surface area (Å²) in [6.45, 7) is 13.6. The van der Waals surface area contributed by atoms with Crippen LogP contribution in [0.5, 0.6) is 0 Å². The minimum absolute atomic E-state index is 0.118. The van der Waals surface area contributed by atoms with E-state index in [1.54, 1.807) is 23.5 Å². The maximum Gasteiger partial charge on any atom is 0.101 e. The van der Waals surface area contributed by atoms with Crippen molar-refractivity contribution in [2.24, 2.45) is 0 Å². The molecule has 1 heterocycles. The van der Waals surface area contributed by atoms with E-state index >= 15 is 0 Å². The van der Waals surface area contributed by atoms with Crippen molar-refractivity contribution in [3.63, 3.8) is 0 Å². The molecule has 0 unspecified atom stereocenters. The topological polar surface area (TPSA) is 33.1 Å². The van der Waals surface area contributed by atoms with Gasteiger partial charge in [0.25, 0.3) is 0 Å². The van der Waals surface area contributed by atoms with Gasteiger partial charge in [-0.15, -0.1) is 11.8 Å². The number of benzene rings is 2. The van der Waals surface area contributed by atoms with Crippen LogP contribution in [0, 0.1) is 0 Å². The van der Waals surface area contributed by atoms with Crippen molar-refractivity contribution >= 4 is 23.5 Å². The van der Waals surface area contributed by atoms with Gasteiger partial charge < -0.3 is 5.11 Å². The van der Waals surface area contributed by atoms with E-state index in [0.29, 0.717) is 17.8 Å². The number of hydrogen-bond donors (Lipinski definition) is 1. The fraction of sp³-hybridized carbons (Fsp3) is 0.393. The maximum absolute atomic E-state index is 11.4. The zero-order valence-corrected chi connectivity index (χ0v) is 21.6. The molecule has 0 saturated carbocycles. The molecule has 1 N–H and O–H groups in total. The summed E-state index contributed by atoms with van der Waals surface area (Å²) in [5.41, 5.74) is 5.07. The summed E-state index contributed by atoms with van der Waals surface area (Å²) in [5.74, 6) is 1.30. The summed E-state index contributed by atoms with van der Waals surface area (Å²) in [5, 5.41) is 12.4. The van der Waals surface area contributed by atoms with E-state index in [9.17, 15) is 5.11 Å². The molecule has 32 heavy (non-hydrogen) atoms. The number of nitrogens with zero attached hydrogens (tertiary/aromatic N) is 1. The molecular formula is C28H35NOS2. The van der Waals surface area contributed by atoms with Crippen molar-refractivity contribution in [1.29, 1.82) is 0 Å². The highest BCUT2D eigenvalue weighted by molar-refractivity contribution is 8.17. The van der Waals surface area contributed by atoms with Crippen molar-refractivity contribution in [2.75, 3.05) is 0 Å². The molecule has 0 aliphatic heterocycles. The number of pyridine rings is 1. The number of hydrogen-bond acceptors (Lipinski definition) is 4. The molecule has 0 aliphatic rings. The van der Waals surface area contributed by atoms with Gasteiger partial charge in [-0.25, -0.2) is 4.98 Å². The summed E-state index contributed by atoms with van der Waals surface area (Å²) < 4.78 is -0.118. The third-order valence-electron chi connectivity index (χ3n) is 5.59. The number of rotatable bonds is 9. The van der Waals surface area contributed by atoms with E-state index in [1.807, 2.05) is 54.7 Å². The van der Waals surface area contributed by atoms with Crippen LogP contribution in [0.4, 0.5) is 0 Å². The predicted octanol–water partition coefficient (Wildman–Crippen LogP) is 8.40. The molecule has 0 fully saturated rings. The second-order valence-electron chi connectivity index (χ2n) is 9.12. The van der Waals surface area contributed by atoms with Crippen molar-refractivity contribution in [2.45, 2.75) is 79.9 Å². The first-order chi connectivity index (χ1) is 15.3. The molecule has 0 bridgehead atoms. The van der Waals surface area contributed by atoms with Gasteiger partial charge in [0.15, 0.2) is 0 Å². The van der Waals surface area contributed by atoms with Crippen LogP contribution in [-0.2, 0) is 0 Å². The molecule has 0 saturated heterocycles. The summed E-state index contributed by atoms with van der Waals surface area (Å²) >= 11 is 3.43. The largest absolute Gasteiger partial charge is 0.386 e. The first kappa shape index (κ1) is 24.9. The third kappa shape index (κ3) is 6.18. The van der Waals surface area contributed by atoms with Gasteiger partial charge in [0.2, 0.25) is 0 Å². The molecule has 0 amide bonds. The monoisotopic (exact) mass is 465 g/mol. The summed E-state index contributed by atoms with van der Waals surface area (Å²) in [7, 11) is 0. The first-order valence-corrected chi connectivity index (χ1v) is 13.2. The zero-order chi connectivity index (χ0) is 23.3. The summed E-state index contributed by atoms with van der Waals surface area (Å²) in [4.78, 5) is 5.84. The van der Waals surface area contributed by atoms with E-state index in [1.165, 1.54) is 21.6 Å². The highest BCUT2D eigenvalue weighted by atomic mass is 32.2. The zero-order valence-electron chi connectivity index (χ0n) is 19.9. The SMILES string of the molecule is CC(C)c1cc(C(C)C)c(S[C@@H](Sc2ccccn2)[C@@H](O)c2ccccc2)c(C(C)C)c1. The number of thioether (sulfide) groups is 2. The molecule has 0 radical (unpaired) electrons. The van der Waals surface area contributed by atoms with Gasteiger partial charge >= 0.3 is 0 Å². The Balaban J connectivity index is 2.08. The van der Waals surface area contributed by atoms with Crippen LogP contribution < -0.4 is 0 Å². The standard InChI is InChI=1S/C28H35NOS2/c1-18(2)22-16-23(19(3)4)27(24(17-22)20(5)6)32-28(31-25-14-10-11-15-29-25)26(30)21-12-8-7-9-13-21/h7-20,26,28,30H,1-6H3/t26-,28+/m0/s1. The molecule has 170 valence electrons. The van der Waals surface area contributed by atoms with E-state index in [4.69, 9.17) is 0 Å².